The highest BCUT2D eigenvalue weighted by Gasteiger charge is 2.21. The molecule has 1 heterocycles. The van der Waals surface area contributed by atoms with E-state index < -0.39 is 0 Å². The summed E-state index contributed by atoms with van der Waals surface area (Å²) >= 11 is 0. The number of nitrogens with one attached hydrogen (secondary N) is 1. The van der Waals surface area contributed by atoms with Crippen molar-refractivity contribution in [2.75, 3.05) is 6.61 Å². The first kappa shape index (κ1) is 17.5. The van der Waals surface area contributed by atoms with E-state index in [0.29, 0.717) is 12.3 Å². The van der Waals surface area contributed by atoms with E-state index in [9.17, 15) is 4.79 Å². The number of hydrogen-bond acceptors (Lipinski definition) is 4. The monoisotopic (exact) mass is 342 g/mol. The molecule has 134 valence electrons. The number of carbonyl (C=O) groups is 1. The Morgan fingerprint density at radius 3 is 2.64 bits per heavy atom. The van der Waals surface area contributed by atoms with Crippen LogP contribution in [0.5, 0.6) is 5.75 Å². The van der Waals surface area contributed by atoms with Gasteiger partial charge in [0.25, 0.3) is 5.91 Å². The highest BCUT2D eigenvalue weighted by Crippen LogP contribution is 2.19. The average molecular weight is 342 g/mol. The van der Waals surface area contributed by atoms with Crippen molar-refractivity contribution in [2.45, 2.75) is 58.4 Å². The van der Waals surface area contributed by atoms with Crippen LogP contribution in [0.15, 0.2) is 24.3 Å². The van der Waals surface area contributed by atoms with Gasteiger partial charge in [0.1, 0.15) is 5.75 Å². The van der Waals surface area contributed by atoms with Crippen molar-refractivity contribution in [3.8, 4) is 11.4 Å². The lowest BCUT2D eigenvalue weighted by Gasteiger charge is -2.22. The van der Waals surface area contributed by atoms with Gasteiger partial charge in [-0.15, -0.1) is 5.10 Å². The predicted octanol–water partition coefficient (Wildman–Crippen LogP) is 3.43. The van der Waals surface area contributed by atoms with Crippen LogP contribution in [0.4, 0.5) is 0 Å². The van der Waals surface area contributed by atoms with E-state index in [-0.39, 0.29) is 11.9 Å². The second-order valence-electron chi connectivity index (χ2n) is 6.59. The molecule has 1 amide bonds. The molecule has 0 atom stereocenters. The van der Waals surface area contributed by atoms with Gasteiger partial charge in [-0.2, -0.15) is 0 Å². The summed E-state index contributed by atoms with van der Waals surface area (Å²) in [4.78, 5) is 12.5. The molecule has 1 aliphatic carbocycles. The fraction of sp³-hybridized carbons (Fsp3) is 0.526. The van der Waals surface area contributed by atoms with Crippen molar-refractivity contribution >= 4 is 5.91 Å². The van der Waals surface area contributed by atoms with Crippen LogP contribution in [0.3, 0.4) is 0 Å². The Hall–Kier alpha value is -2.37. The van der Waals surface area contributed by atoms with Crippen molar-refractivity contribution in [3.05, 3.63) is 35.7 Å². The van der Waals surface area contributed by atoms with Gasteiger partial charge < -0.3 is 10.1 Å². The molecule has 6 nitrogen and oxygen atoms in total. The minimum atomic E-state index is -0.126. The Kier molecular flexibility index (Phi) is 5.68. The standard InChI is InChI=1S/C19H26N4O2/c1-3-13-25-17-11-9-16(10-12-17)23-14(2)18(21-22-23)19(24)20-15-7-5-4-6-8-15/h9-12,15H,3-8,13H2,1-2H3,(H,20,24). The molecule has 1 fully saturated rings. The fourth-order valence-corrected chi connectivity index (χ4v) is 3.19. The topological polar surface area (TPSA) is 69.0 Å². The molecular formula is C19H26N4O2. The SMILES string of the molecule is CCCOc1ccc(-n2nnc(C(=O)NC3CCCCC3)c2C)cc1. The van der Waals surface area contributed by atoms with Gasteiger partial charge in [0, 0.05) is 6.04 Å². The third kappa shape index (κ3) is 4.18. The average Bonchev–Trinajstić information content (AvgIpc) is 3.03. The summed E-state index contributed by atoms with van der Waals surface area (Å²) in [6, 6.07) is 7.94. The molecule has 1 aromatic carbocycles. The summed E-state index contributed by atoms with van der Waals surface area (Å²) in [6.45, 7) is 4.65. The van der Waals surface area contributed by atoms with E-state index in [1.807, 2.05) is 31.2 Å². The molecule has 2 aromatic rings. The quantitative estimate of drug-likeness (QED) is 0.873. The largest absolute Gasteiger partial charge is 0.494 e. The summed E-state index contributed by atoms with van der Waals surface area (Å²) < 4.78 is 7.29. The minimum Gasteiger partial charge on any atom is -0.494 e. The number of amides is 1. The van der Waals surface area contributed by atoms with Crippen LogP contribution in [0.1, 0.15) is 61.6 Å². The number of nitrogens with zero attached hydrogens (tertiary/aromatic N) is 3. The van der Waals surface area contributed by atoms with Crippen molar-refractivity contribution in [1.29, 1.82) is 0 Å². The maximum absolute atomic E-state index is 12.5. The summed E-state index contributed by atoms with van der Waals surface area (Å²) in [7, 11) is 0. The zero-order chi connectivity index (χ0) is 17.6. The van der Waals surface area contributed by atoms with Gasteiger partial charge in [-0.3, -0.25) is 4.79 Å². The molecule has 1 aliphatic rings. The lowest BCUT2D eigenvalue weighted by atomic mass is 9.95. The number of carbonyl (C=O) groups excluding carboxylic acids is 1. The molecule has 3 rings (SSSR count). The first-order chi connectivity index (χ1) is 12.2. The van der Waals surface area contributed by atoms with Gasteiger partial charge >= 0.3 is 0 Å². The van der Waals surface area contributed by atoms with Crippen LogP contribution in [0.2, 0.25) is 0 Å². The van der Waals surface area contributed by atoms with Crippen LogP contribution in [0.25, 0.3) is 5.69 Å². The van der Waals surface area contributed by atoms with Crippen LogP contribution in [-0.2, 0) is 0 Å². The molecule has 6 heteroatoms. The van der Waals surface area contributed by atoms with E-state index in [0.717, 1.165) is 36.4 Å². The molecule has 0 saturated heterocycles. The highest BCUT2D eigenvalue weighted by molar-refractivity contribution is 5.93. The molecule has 1 saturated carbocycles. The number of benzene rings is 1. The Morgan fingerprint density at radius 2 is 1.96 bits per heavy atom. The number of ether oxygens (including phenoxy) is 1. The lowest BCUT2D eigenvalue weighted by molar-refractivity contribution is 0.0922. The van der Waals surface area contributed by atoms with Crippen molar-refractivity contribution in [1.82, 2.24) is 20.3 Å². The maximum Gasteiger partial charge on any atom is 0.273 e. The number of hydrogen-bond donors (Lipinski definition) is 1. The first-order valence-corrected chi connectivity index (χ1v) is 9.15. The summed E-state index contributed by atoms with van der Waals surface area (Å²) in [6.07, 6.45) is 6.71. The number of aromatic nitrogens is 3. The molecule has 0 spiro atoms. The van der Waals surface area contributed by atoms with Crippen molar-refractivity contribution < 1.29 is 9.53 Å². The second-order valence-corrected chi connectivity index (χ2v) is 6.59. The first-order valence-electron chi connectivity index (χ1n) is 9.15. The van der Waals surface area contributed by atoms with Gasteiger partial charge in [-0.25, -0.2) is 4.68 Å². The Bertz CT molecular complexity index is 703. The fourth-order valence-electron chi connectivity index (χ4n) is 3.19. The molecule has 0 radical (unpaired) electrons. The van der Waals surface area contributed by atoms with Gasteiger partial charge in [-0.05, 0) is 50.5 Å². The zero-order valence-corrected chi connectivity index (χ0v) is 15.0. The normalized spacial score (nSPS) is 15.1. The molecule has 25 heavy (non-hydrogen) atoms. The Balaban J connectivity index is 1.70. The predicted molar refractivity (Wildman–Crippen MR) is 96.2 cm³/mol. The van der Waals surface area contributed by atoms with Gasteiger partial charge in [0.15, 0.2) is 5.69 Å². The van der Waals surface area contributed by atoms with Gasteiger partial charge in [0.2, 0.25) is 0 Å². The maximum atomic E-state index is 12.5. The van der Waals surface area contributed by atoms with E-state index in [1.54, 1.807) is 4.68 Å². The molecule has 0 aliphatic heterocycles. The zero-order valence-electron chi connectivity index (χ0n) is 15.0. The lowest BCUT2D eigenvalue weighted by Crippen LogP contribution is -2.36. The molecule has 1 aromatic heterocycles. The van der Waals surface area contributed by atoms with Gasteiger partial charge in [-0.1, -0.05) is 31.4 Å². The van der Waals surface area contributed by atoms with Crippen LogP contribution >= 0.6 is 0 Å². The third-order valence-electron chi connectivity index (χ3n) is 4.60. The number of rotatable bonds is 6. The highest BCUT2D eigenvalue weighted by atomic mass is 16.5. The molecule has 1 N–H and O–H groups in total. The summed E-state index contributed by atoms with van der Waals surface area (Å²) in [5, 5.41) is 11.4. The van der Waals surface area contributed by atoms with Crippen LogP contribution in [0, 0.1) is 6.92 Å². The van der Waals surface area contributed by atoms with Crippen LogP contribution < -0.4 is 10.1 Å². The minimum absolute atomic E-state index is 0.126. The third-order valence-corrected chi connectivity index (χ3v) is 4.60. The van der Waals surface area contributed by atoms with E-state index in [4.69, 9.17) is 4.74 Å². The Morgan fingerprint density at radius 1 is 1.24 bits per heavy atom. The summed E-state index contributed by atoms with van der Waals surface area (Å²) in [5.74, 6) is 0.706. The van der Waals surface area contributed by atoms with E-state index in [2.05, 4.69) is 22.6 Å². The van der Waals surface area contributed by atoms with Gasteiger partial charge in [0.05, 0.1) is 18.0 Å². The smallest absolute Gasteiger partial charge is 0.273 e. The van der Waals surface area contributed by atoms with Crippen molar-refractivity contribution in [3.63, 3.8) is 0 Å². The van der Waals surface area contributed by atoms with E-state index in [1.165, 1.54) is 19.3 Å². The Labute approximate surface area is 148 Å². The molecular weight excluding hydrogens is 316 g/mol. The molecule has 0 bridgehead atoms. The second kappa shape index (κ2) is 8.14. The van der Waals surface area contributed by atoms with Crippen molar-refractivity contribution in [2.24, 2.45) is 0 Å². The molecule has 0 unspecified atom stereocenters. The van der Waals surface area contributed by atoms with E-state index >= 15 is 0 Å². The summed E-state index contributed by atoms with van der Waals surface area (Å²) in [5.41, 5.74) is 2.01. The van der Waals surface area contributed by atoms with Crippen LogP contribution in [-0.4, -0.2) is 33.5 Å².